The zero-order valence-corrected chi connectivity index (χ0v) is 13.5. The Hall–Kier alpha value is -2.41. The number of pyridine rings is 1. The number of aryl methyl sites for hydroxylation is 1. The zero-order valence-electron chi connectivity index (χ0n) is 13.5. The zero-order chi connectivity index (χ0) is 16.2. The van der Waals surface area contributed by atoms with Crippen LogP contribution in [0.15, 0.2) is 30.7 Å². The van der Waals surface area contributed by atoms with Crippen LogP contribution in [-0.2, 0) is 0 Å². The van der Waals surface area contributed by atoms with Crippen LogP contribution in [0.5, 0.6) is 0 Å². The van der Waals surface area contributed by atoms with Crippen molar-refractivity contribution in [1.82, 2.24) is 24.8 Å². The van der Waals surface area contributed by atoms with Crippen LogP contribution in [0.4, 0.5) is 10.5 Å². The fourth-order valence-electron chi connectivity index (χ4n) is 2.85. The molecule has 0 bridgehead atoms. The molecule has 3 rings (SSSR count). The van der Waals surface area contributed by atoms with Crippen molar-refractivity contribution in [2.24, 2.45) is 0 Å². The molecule has 0 unspecified atom stereocenters. The second kappa shape index (κ2) is 6.78. The Balaban J connectivity index is 1.68. The quantitative estimate of drug-likeness (QED) is 0.908. The van der Waals surface area contributed by atoms with E-state index in [4.69, 9.17) is 0 Å². The average molecular weight is 314 g/mol. The standard InChI is InChI=1S/C16H22N6O/c1-3-21-8-9-22(11-14(21)15-17-6-7-18-15)16(23)20-13-5-4-12(2)19-10-13/h4-7,10,14H,3,8-9,11H2,1-2H3,(H,17,18)(H,20,23)/t14-/m1/s1. The number of piperazine rings is 1. The minimum absolute atomic E-state index is 0.0945. The van der Waals surface area contributed by atoms with E-state index in [9.17, 15) is 4.79 Å². The van der Waals surface area contributed by atoms with Gasteiger partial charge in [-0.15, -0.1) is 0 Å². The number of aromatic nitrogens is 3. The Morgan fingerprint density at radius 3 is 2.91 bits per heavy atom. The first kappa shape index (κ1) is 15.5. The summed E-state index contributed by atoms with van der Waals surface area (Å²) in [6.07, 6.45) is 5.25. The van der Waals surface area contributed by atoms with Crippen LogP contribution in [0.25, 0.3) is 0 Å². The fraction of sp³-hybridized carbons (Fsp3) is 0.438. The molecule has 2 N–H and O–H groups in total. The number of carbonyl (C=O) groups is 1. The van der Waals surface area contributed by atoms with E-state index in [1.165, 1.54) is 0 Å². The van der Waals surface area contributed by atoms with Gasteiger partial charge in [0.2, 0.25) is 0 Å². The van der Waals surface area contributed by atoms with Crippen LogP contribution < -0.4 is 5.32 Å². The summed E-state index contributed by atoms with van der Waals surface area (Å²) < 4.78 is 0. The van der Waals surface area contributed by atoms with Gasteiger partial charge in [-0.1, -0.05) is 6.92 Å². The normalized spacial score (nSPS) is 18.9. The van der Waals surface area contributed by atoms with E-state index in [0.717, 1.165) is 24.6 Å². The van der Waals surface area contributed by atoms with Crippen LogP contribution in [-0.4, -0.2) is 57.0 Å². The lowest BCUT2D eigenvalue weighted by molar-refractivity contribution is 0.0946. The molecule has 1 saturated heterocycles. The van der Waals surface area contributed by atoms with Gasteiger partial charge in [-0.2, -0.15) is 0 Å². The molecule has 1 fully saturated rings. The monoisotopic (exact) mass is 314 g/mol. The summed E-state index contributed by atoms with van der Waals surface area (Å²) in [7, 11) is 0. The van der Waals surface area contributed by atoms with Gasteiger partial charge in [-0.25, -0.2) is 9.78 Å². The number of likely N-dealkylation sites (N-methyl/N-ethyl adjacent to an activating group) is 1. The van der Waals surface area contributed by atoms with Crippen LogP contribution >= 0.6 is 0 Å². The lowest BCUT2D eigenvalue weighted by atomic mass is 10.1. The highest BCUT2D eigenvalue weighted by Gasteiger charge is 2.31. The summed E-state index contributed by atoms with van der Waals surface area (Å²) in [4.78, 5) is 28.4. The number of carbonyl (C=O) groups excluding carboxylic acids is 1. The molecular weight excluding hydrogens is 292 g/mol. The molecule has 0 spiro atoms. The Kier molecular flexibility index (Phi) is 4.57. The average Bonchev–Trinajstić information content (AvgIpc) is 3.10. The van der Waals surface area contributed by atoms with E-state index in [2.05, 4.69) is 32.1 Å². The van der Waals surface area contributed by atoms with E-state index >= 15 is 0 Å². The van der Waals surface area contributed by atoms with Gasteiger partial charge in [0.05, 0.1) is 17.9 Å². The summed E-state index contributed by atoms with van der Waals surface area (Å²) >= 11 is 0. The third kappa shape index (κ3) is 3.50. The van der Waals surface area contributed by atoms with Gasteiger partial charge in [-0.3, -0.25) is 9.88 Å². The molecule has 7 heteroatoms. The first-order valence-corrected chi connectivity index (χ1v) is 7.89. The Bertz CT molecular complexity index is 639. The molecule has 1 atom stereocenters. The third-order valence-electron chi connectivity index (χ3n) is 4.18. The first-order chi connectivity index (χ1) is 11.2. The molecule has 122 valence electrons. The number of H-pyrrole nitrogens is 1. The number of amides is 2. The highest BCUT2D eigenvalue weighted by molar-refractivity contribution is 5.89. The van der Waals surface area contributed by atoms with Gasteiger partial charge in [-0.05, 0) is 25.6 Å². The smallest absolute Gasteiger partial charge is 0.321 e. The maximum absolute atomic E-state index is 12.5. The first-order valence-electron chi connectivity index (χ1n) is 7.89. The van der Waals surface area contributed by atoms with Crippen molar-refractivity contribution in [1.29, 1.82) is 0 Å². The van der Waals surface area contributed by atoms with E-state index in [0.29, 0.717) is 18.8 Å². The molecule has 1 aliphatic rings. The molecule has 1 aliphatic heterocycles. The highest BCUT2D eigenvalue weighted by atomic mass is 16.2. The minimum atomic E-state index is -0.0945. The molecule has 0 radical (unpaired) electrons. The number of aromatic amines is 1. The van der Waals surface area contributed by atoms with Crippen LogP contribution in [0, 0.1) is 6.92 Å². The van der Waals surface area contributed by atoms with Crippen molar-refractivity contribution in [2.45, 2.75) is 19.9 Å². The number of hydrogen-bond donors (Lipinski definition) is 2. The van der Waals surface area contributed by atoms with Gasteiger partial charge in [0.15, 0.2) is 0 Å². The SMILES string of the molecule is CCN1CCN(C(=O)Nc2ccc(C)nc2)C[C@@H]1c1ncc[nH]1. The molecule has 23 heavy (non-hydrogen) atoms. The number of nitrogens with one attached hydrogen (secondary N) is 2. The number of imidazole rings is 1. The summed E-state index contributed by atoms with van der Waals surface area (Å²) in [6, 6.07) is 3.76. The van der Waals surface area contributed by atoms with Crippen molar-refractivity contribution in [3.63, 3.8) is 0 Å². The fourth-order valence-corrected chi connectivity index (χ4v) is 2.85. The van der Waals surface area contributed by atoms with Crippen molar-refractivity contribution in [3.05, 3.63) is 42.2 Å². The Labute approximate surface area is 135 Å². The molecule has 0 aromatic carbocycles. The molecule has 2 aromatic heterocycles. The summed E-state index contributed by atoms with van der Waals surface area (Å²) in [5.41, 5.74) is 1.64. The van der Waals surface area contributed by atoms with Gasteiger partial charge >= 0.3 is 6.03 Å². The lowest BCUT2D eigenvalue weighted by Gasteiger charge is -2.39. The van der Waals surface area contributed by atoms with Crippen LogP contribution in [0.3, 0.4) is 0 Å². The van der Waals surface area contributed by atoms with E-state index in [-0.39, 0.29) is 12.1 Å². The predicted octanol–water partition coefficient (Wildman–Crippen LogP) is 2.02. The number of anilines is 1. The molecule has 0 aliphatic carbocycles. The van der Waals surface area contributed by atoms with Crippen molar-refractivity contribution < 1.29 is 4.79 Å². The summed E-state index contributed by atoms with van der Waals surface area (Å²) in [5, 5.41) is 2.91. The second-order valence-electron chi connectivity index (χ2n) is 5.68. The molecular formula is C16H22N6O. The lowest BCUT2D eigenvalue weighted by Crippen LogP contribution is -2.51. The Morgan fingerprint density at radius 2 is 2.26 bits per heavy atom. The third-order valence-corrected chi connectivity index (χ3v) is 4.18. The molecule has 0 saturated carbocycles. The molecule has 2 aromatic rings. The van der Waals surface area contributed by atoms with Gasteiger partial charge in [0.25, 0.3) is 0 Å². The predicted molar refractivity (Wildman–Crippen MR) is 88.1 cm³/mol. The Morgan fingerprint density at radius 1 is 1.39 bits per heavy atom. The number of rotatable bonds is 3. The number of hydrogen-bond acceptors (Lipinski definition) is 4. The maximum Gasteiger partial charge on any atom is 0.321 e. The topological polar surface area (TPSA) is 77.2 Å². The van der Waals surface area contributed by atoms with Gasteiger partial charge in [0, 0.05) is 37.7 Å². The number of nitrogens with zero attached hydrogens (tertiary/aromatic N) is 4. The van der Waals surface area contributed by atoms with Crippen LogP contribution in [0.1, 0.15) is 24.5 Å². The van der Waals surface area contributed by atoms with E-state index < -0.39 is 0 Å². The molecule has 2 amide bonds. The summed E-state index contributed by atoms with van der Waals surface area (Å²) in [6.45, 7) is 7.14. The van der Waals surface area contributed by atoms with Gasteiger partial charge < -0.3 is 15.2 Å². The largest absolute Gasteiger partial charge is 0.347 e. The maximum atomic E-state index is 12.5. The molecule has 3 heterocycles. The highest BCUT2D eigenvalue weighted by Crippen LogP contribution is 2.23. The van der Waals surface area contributed by atoms with Crippen LogP contribution in [0.2, 0.25) is 0 Å². The minimum Gasteiger partial charge on any atom is -0.347 e. The molecule has 7 nitrogen and oxygen atoms in total. The van der Waals surface area contributed by atoms with E-state index in [1.54, 1.807) is 12.4 Å². The van der Waals surface area contributed by atoms with Crippen molar-refractivity contribution in [3.8, 4) is 0 Å². The van der Waals surface area contributed by atoms with Gasteiger partial charge in [0.1, 0.15) is 5.82 Å². The second-order valence-corrected chi connectivity index (χ2v) is 5.68. The van der Waals surface area contributed by atoms with Crippen molar-refractivity contribution in [2.75, 3.05) is 31.5 Å². The van der Waals surface area contributed by atoms with Crippen molar-refractivity contribution >= 4 is 11.7 Å². The van der Waals surface area contributed by atoms with E-state index in [1.807, 2.05) is 30.2 Å². The summed E-state index contributed by atoms with van der Waals surface area (Å²) in [5.74, 6) is 0.904. The number of urea groups is 1.